The van der Waals surface area contributed by atoms with Crippen molar-refractivity contribution >= 4 is 11.6 Å². The Morgan fingerprint density at radius 3 is 2.81 bits per heavy atom. The second kappa shape index (κ2) is 6.58. The van der Waals surface area contributed by atoms with Crippen LogP contribution in [-0.2, 0) is 0 Å². The number of nitrogens with one attached hydrogen (secondary N) is 1. The molecule has 0 heterocycles. The molecule has 16 heavy (non-hydrogen) atoms. The Balaban J connectivity index is 2.84. The van der Waals surface area contributed by atoms with E-state index in [0.717, 1.165) is 23.6 Å². The third-order valence-corrected chi connectivity index (χ3v) is 2.97. The fraction of sp³-hybridized carbons (Fsp3) is 0.429. The van der Waals surface area contributed by atoms with Gasteiger partial charge in [0.2, 0.25) is 0 Å². The molecule has 1 unspecified atom stereocenters. The maximum atomic E-state index is 6.11. The predicted molar refractivity (Wildman–Crippen MR) is 70.7 cm³/mol. The van der Waals surface area contributed by atoms with Gasteiger partial charge in [0.25, 0.3) is 0 Å². The molecule has 86 valence electrons. The zero-order valence-corrected chi connectivity index (χ0v) is 10.6. The third-order valence-electron chi connectivity index (χ3n) is 2.56. The standard InChI is InChI=1S/C14H18ClN/c1-4-6-14(16-9-5-2)12-8-7-11(3)13(15)10-12/h1,7-8,10,14,16H,5-6,9H2,2-3H3. The Morgan fingerprint density at radius 1 is 1.50 bits per heavy atom. The monoisotopic (exact) mass is 235 g/mol. The lowest BCUT2D eigenvalue weighted by atomic mass is 10.0. The molecular weight excluding hydrogens is 218 g/mol. The van der Waals surface area contributed by atoms with E-state index in [1.165, 1.54) is 5.56 Å². The van der Waals surface area contributed by atoms with Crippen molar-refractivity contribution in [2.24, 2.45) is 0 Å². The molecule has 0 aliphatic carbocycles. The van der Waals surface area contributed by atoms with E-state index >= 15 is 0 Å². The highest BCUT2D eigenvalue weighted by Gasteiger charge is 2.10. The number of halogens is 1. The van der Waals surface area contributed by atoms with E-state index in [1.54, 1.807) is 0 Å². The first-order valence-corrected chi connectivity index (χ1v) is 5.99. The summed E-state index contributed by atoms with van der Waals surface area (Å²) in [6, 6.07) is 6.34. The van der Waals surface area contributed by atoms with E-state index in [9.17, 15) is 0 Å². The van der Waals surface area contributed by atoms with Crippen LogP contribution < -0.4 is 5.32 Å². The SMILES string of the molecule is C#CCC(NCCC)c1ccc(C)c(Cl)c1. The number of hydrogen-bond donors (Lipinski definition) is 1. The molecule has 0 aromatic heterocycles. The number of terminal acetylenes is 1. The highest BCUT2D eigenvalue weighted by atomic mass is 35.5. The van der Waals surface area contributed by atoms with Crippen LogP contribution in [0.25, 0.3) is 0 Å². The topological polar surface area (TPSA) is 12.0 Å². The zero-order valence-electron chi connectivity index (χ0n) is 9.89. The smallest absolute Gasteiger partial charge is 0.0438 e. The van der Waals surface area contributed by atoms with Gasteiger partial charge in [0, 0.05) is 17.5 Å². The van der Waals surface area contributed by atoms with Crippen LogP contribution in [-0.4, -0.2) is 6.54 Å². The van der Waals surface area contributed by atoms with Crippen molar-refractivity contribution in [1.82, 2.24) is 5.32 Å². The normalized spacial score (nSPS) is 12.1. The van der Waals surface area contributed by atoms with Crippen LogP contribution in [0.1, 0.15) is 36.9 Å². The van der Waals surface area contributed by atoms with Gasteiger partial charge in [-0.05, 0) is 37.1 Å². The summed E-state index contributed by atoms with van der Waals surface area (Å²) in [6.45, 7) is 5.11. The maximum absolute atomic E-state index is 6.11. The van der Waals surface area contributed by atoms with Crippen molar-refractivity contribution in [3.05, 3.63) is 34.3 Å². The maximum Gasteiger partial charge on any atom is 0.0438 e. The fourth-order valence-electron chi connectivity index (χ4n) is 1.57. The number of rotatable bonds is 5. The highest BCUT2D eigenvalue weighted by Crippen LogP contribution is 2.23. The minimum absolute atomic E-state index is 0.211. The third kappa shape index (κ3) is 3.56. The molecule has 0 radical (unpaired) electrons. The van der Waals surface area contributed by atoms with E-state index in [0.29, 0.717) is 6.42 Å². The van der Waals surface area contributed by atoms with E-state index < -0.39 is 0 Å². The Hall–Kier alpha value is -0.970. The summed E-state index contributed by atoms with van der Waals surface area (Å²) in [4.78, 5) is 0. The molecule has 0 saturated heterocycles. The van der Waals surface area contributed by atoms with E-state index in [1.807, 2.05) is 19.1 Å². The summed E-state index contributed by atoms with van der Waals surface area (Å²) in [5, 5.41) is 4.24. The van der Waals surface area contributed by atoms with Gasteiger partial charge in [-0.2, -0.15) is 0 Å². The van der Waals surface area contributed by atoms with Crippen molar-refractivity contribution in [3.63, 3.8) is 0 Å². The van der Waals surface area contributed by atoms with Crippen LogP contribution in [0, 0.1) is 19.3 Å². The average molecular weight is 236 g/mol. The van der Waals surface area contributed by atoms with Crippen LogP contribution in [0.3, 0.4) is 0 Å². The van der Waals surface area contributed by atoms with E-state index in [-0.39, 0.29) is 6.04 Å². The lowest BCUT2D eigenvalue weighted by molar-refractivity contribution is 0.542. The van der Waals surface area contributed by atoms with Crippen molar-refractivity contribution in [2.45, 2.75) is 32.7 Å². The zero-order chi connectivity index (χ0) is 12.0. The first kappa shape index (κ1) is 13.1. The van der Waals surface area contributed by atoms with Crippen LogP contribution >= 0.6 is 11.6 Å². The predicted octanol–water partition coefficient (Wildman–Crippen LogP) is 3.71. The van der Waals surface area contributed by atoms with Gasteiger partial charge in [0.05, 0.1) is 0 Å². The van der Waals surface area contributed by atoms with Crippen molar-refractivity contribution in [2.75, 3.05) is 6.54 Å². The van der Waals surface area contributed by atoms with Crippen molar-refractivity contribution in [1.29, 1.82) is 0 Å². The molecule has 1 aromatic rings. The van der Waals surface area contributed by atoms with Crippen LogP contribution in [0.2, 0.25) is 5.02 Å². The Kier molecular flexibility index (Phi) is 5.38. The van der Waals surface area contributed by atoms with Crippen LogP contribution in [0.15, 0.2) is 18.2 Å². The molecule has 0 aliphatic heterocycles. The lowest BCUT2D eigenvalue weighted by Crippen LogP contribution is -2.21. The van der Waals surface area contributed by atoms with Gasteiger partial charge in [-0.1, -0.05) is 30.7 Å². The molecule has 0 aliphatic rings. The molecule has 2 heteroatoms. The largest absolute Gasteiger partial charge is 0.309 e. The molecule has 0 fully saturated rings. The molecule has 1 aromatic carbocycles. The molecule has 0 saturated carbocycles. The van der Waals surface area contributed by atoms with Gasteiger partial charge in [-0.3, -0.25) is 0 Å². The number of benzene rings is 1. The van der Waals surface area contributed by atoms with E-state index in [2.05, 4.69) is 24.2 Å². The minimum Gasteiger partial charge on any atom is -0.309 e. The number of hydrogen-bond acceptors (Lipinski definition) is 1. The molecule has 1 rings (SSSR count). The Morgan fingerprint density at radius 2 is 2.25 bits per heavy atom. The van der Waals surface area contributed by atoms with Crippen LogP contribution in [0.4, 0.5) is 0 Å². The van der Waals surface area contributed by atoms with Gasteiger partial charge in [-0.25, -0.2) is 0 Å². The first-order chi connectivity index (χ1) is 7.69. The molecule has 1 nitrogen and oxygen atoms in total. The molecular formula is C14H18ClN. The van der Waals surface area contributed by atoms with Crippen LogP contribution in [0.5, 0.6) is 0 Å². The second-order valence-electron chi connectivity index (χ2n) is 3.92. The average Bonchev–Trinajstić information content (AvgIpc) is 2.28. The molecule has 0 bridgehead atoms. The van der Waals surface area contributed by atoms with Gasteiger partial charge < -0.3 is 5.32 Å². The molecule has 0 amide bonds. The quantitative estimate of drug-likeness (QED) is 0.768. The van der Waals surface area contributed by atoms with Gasteiger partial charge in [0.15, 0.2) is 0 Å². The molecule has 1 atom stereocenters. The number of aryl methyl sites for hydroxylation is 1. The fourth-order valence-corrected chi connectivity index (χ4v) is 1.76. The Bertz CT molecular complexity index is 379. The second-order valence-corrected chi connectivity index (χ2v) is 4.33. The first-order valence-electron chi connectivity index (χ1n) is 5.62. The summed E-state index contributed by atoms with van der Waals surface area (Å²) < 4.78 is 0. The highest BCUT2D eigenvalue weighted by molar-refractivity contribution is 6.31. The molecule has 0 spiro atoms. The summed E-state index contributed by atoms with van der Waals surface area (Å²) in [5.74, 6) is 2.70. The summed E-state index contributed by atoms with van der Waals surface area (Å²) >= 11 is 6.11. The van der Waals surface area contributed by atoms with E-state index in [4.69, 9.17) is 18.0 Å². The minimum atomic E-state index is 0.211. The van der Waals surface area contributed by atoms with Gasteiger partial charge >= 0.3 is 0 Å². The van der Waals surface area contributed by atoms with Crippen molar-refractivity contribution < 1.29 is 0 Å². The summed E-state index contributed by atoms with van der Waals surface area (Å²) in [7, 11) is 0. The lowest BCUT2D eigenvalue weighted by Gasteiger charge is -2.17. The molecule has 1 N–H and O–H groups in total. The summed E-state index contributed by atoms with van der Waals surface area (Å²) in [6.07, 6.45) is 7.18. The van der Waals surface area contributed by atoms with Gasteiger partial charge in [0.1, 0.15) is 0 Å². The van der Waals surface area contributed by atoms with Gasteiger partial charge in [-0.15, -0.1) is 12.3 Å². The van der Waals surface area contributed by atoms with Crippen molar-refractivity contribution in [3.8, 4) is 12.3 Å². The Labute approximate surface area is 103 Å². The summed E-state index contributed by atoms with van der Waals surface area (Å²) in [5.41, 5.74) is 2.27.